The Labute approximate surface area is 137 Å². The zero-order valence-electron chi connectivity index (χ0n) is 13.5. The Morgan fingerprint density at radius 1 is 1.30 bits per heavy atom. The number of amides is 1. The first-order chi connectivity index (χ1) is 11.2. The molecule has 1 saturated carbocycles. The fourth-order valence-corrected chi connectivity index (χ4v) is 2.79. The molecule has 1 aromatic carbocycles. The number of hydrogen-bond acceptors (Lipinski definition) is 5. The standard InChI is InChI=1S/C17H26N2O4/c1-22-10-9-18-15-8-7-14(11-16(15)20)19-17(21)23-12-13-5-3-2-4-6-13/h2-6,14-16,18,20H,7-12H2,1H3,(H,19,21). The number of alkyl carbamates (subject to hydrolysis) is 1. The van der Waals surface area contributed by atoms with Crippen molar-refractivity contribution in [2.24, 2.45) is 0 Å². The number of nitrogens with one attached hydrogen (secondary N) is 2. The van der Waals surface area contributed by atoms with Crippen LogP contribution < -0.4 is 10.6 Å². The Morgan fingerprint density at radius 3 is 2.78 bits per heavy atom. The van der Waals surface area contributed by atoms with Crippen LogP contribution in [0.1, 0.15) is 24.8 Å². The highest BCUT2D eigenvalue weighted by molar-refractivity contribution is 5.67. The van der Waals surface area contributed by atoms with E-state index in [2.05, 4.69) is 10.6 Å². The van der Waals surface area contributed by atoms with Gasteiger partial charge in [-0.2, -0.15) is 0 Å². The van der Waals surface area contributed by atoms with Crippen molar-refractivity contribution in [2.45, 2.75) is 44.1 Å². The average molecular weight is 322 g/mol. The third-order valence-electron chi connectivity index (χ3n) is 4.06. The summed E-state index contributed by atoms with van der Waals surface area (Å²) in [5.74, 6) is 0. The van der Waals surface area contributed by atoms with E-state index < -0.39 is 12.2 Å². The maximum atomic E-state index is 11.8. The van der Waals surface area contributed by atoms with E-state index in [1.807, 2.05) is 30.3 Å². The average Bonchev–Trinajstić information content (AvgIpc) is 2.56. The van der Waals surface area contributed by atoms with Gasteiger partial charge >= 0.3 is 6.09 Å². The Bertz CT molecular complexity index is 469. The number of ether oxygens (including phenoxy) is 2. The Kier molecular flexibility index (Phi) is 7.32. The van der Waals surface area contributed by atoms with Crippen molar-refractivity contribution >= 4 is 6.09 Å². The highest BCUT2D eigenvalue weighted by atomic mass is 16.5. The third-order valence-corrected chi connectivity index (χ3v) is 4.06. The molecule has 23 heavy (non-hydrogen) atoms. The number of rotatable bonds is 7. The normalized spacial score (nSPS) is 24.2. The molecule has 0 spiro atoms. The zero-order valence-corrected chi connectivity index (χ0v) is 13.5. The Balaban J connectivity index is 1.67. The largest absolute Gasteiger partial charge is 0.445 e. The molecule has 0 heterocycles. The quantitative estimate of drug-likeness (QED) is 0.662. The van der Waals surface area contributed by atoms with Crippen molar-refractivity contribution in [2.75, 3.05) is 20.3 Å². The molecule has 1 aromatic rings. The van der Waals surface area contributed by atoms with Crippen molar-refractivity contribution in [3.8, 4) is 0 Å². The second kappa shape index (κ2) is 9.50. The molecule has 2 rings (SSSR count). The summed E-state index contributed by atoms with van der Waals surface area (Å²) in [4.78, 5) is 11.8. The fourth-order valence-electron chi connectivity index (χ4n) is 2.79. The van der Waals surface area contributed by atoms with Crippen LogP contribution in [0.3, 0.4) is 0 Å². The van der Waals surface area contributed by atoms with Crippen molar-refractivity contribution in [1.82, 2.24) is 10.6 Å². The molecule has 3 N–H and O–H groups in total. The second-order valence-electron chi connectivity index (χ2n) is 5.84. The number of aliphatic hydroxyl groups is 1. The van der Waals surface area contributed by atoms with Gasteiger partial charge in [-0.3, -0.25) is 0 Å². The van der Waals surface area contributed by atoms with Crippen LogP contribution in [0.5, 0.6) is 0 Å². The summed E-state index contributed by atoms with van der Waals surface area (Å²) >= 11 is 0. The lowest BCUT2D eigenvalue weighted by molar-refractivity contribution is 0.0674. The van der Waals surface area contributed by atoms with Gasteiger partial charge in [0.25, 0.3) is 0 Å². The van der Waals surface area contributed by atoms with E-state index >= 15 is 0 Å². The fraction of sp³-hybridized carbons (Fsp3) is 0.588. The number of aliphatic hydroxyl groups excluding tert-OH is 1. The Morgan fingerprint density at radius 2 is 2.09 bits per heavy atom. The van der Waals surface area contributed by atoms with Crippen LogP contribution in [-0.4, -0.2) is 49.6 Å². The first kappa shape index (κ1) is 17.7. The van der Waals surface area contributed by atoms with E-state index in [0.29, 0.717) is 13.0 Å². The molecule has 0 aliphatic heterocycles. The first-order valence-electron chi connectivity index (χ1n) is 8.06. The van der Waals surface area contributed by atoms with Crippen LogP contribution in [0.4, 0.5) is 4.79 Å². The molecule has 3 atom stereocenters. The minimum atomic E-state index is -0.472. The van der Waals surface area contributed by atoms with Gasteiger partial charge in [0.2, 0.25) is 0 Å². The smallest absolute Gasteiger partial charge is 0.407 e. The van der Waals surface area contributed by atoms with E-state index in [4.69, 9.17) is 9.47 Å². The number of hydrogen-bond donors (Lipinski definition) is 3. The Hall–Kier alpha value is -1.63. The molecule has 1 fully saturated rings. The summed E-state index contributed by atoms with van der Waals surface area (Å²) in [6, 6.07) is 9.57. The van der Waals surface area contributed by atoms with E-state index in [1.165, 1.54) is 0 Å². The van der Waals surface area contributed by atoms with E-state index in [1.54, 1.807) is 7.11 Å². The summed E-state index contributed by atoms with van der Waals surface area (Å²) < 4.78 is 10.2. The third kappa shape index (κ3) is 6.17. The topological polar surface area (TPSA) is 79.8 Å². The second-order valence-corrected chi connectivity index (χ2v) is 5.84. The molecular weight excluding hydrogens is 296 g/mol. The lowest BCUT2D eigenvalue weighted by Crippen LogP contribution is -2.50. The predicted octanol–water partition coefficient (Wildman–Crippen LogP) is 1.43. The van der Waals surface area contributed by atoms with Crippen LogP contribution in [0.25, 0.3) is 0 Å². The summed E-state index contributed by atoms with van der Waals surface area (Å²) in [5, 5.41) is 16.3. The number of methoxy groups -OCH3 is 1. The van der Waals surface area contributed by atoms with Crippen LogP contribution in [0.2, 0.25) is 0 Å². The number of carbonyl (C=O) groups is 1. The molecule has 128 valence electrons. The van der Waals surface area contributed by atoms with Crippen molar-refractivity contribution in [3.63, 3.8) is 0 Å². The van der Waals surface area contributed by atoms with Crippen LogP contribution in [0.15, 0.2) is 30.3 Å². The number of carbonyl (C=O) groups excluding carboxylic acids is 1. The van der Waals surface area contributed by atoms with Gasteiger partial charge < -0.3 is 25.2 Å². The van der Waals surface area contributed by atoms with Gasteiger partial charge in [0.1, 0.15) is 6.61 Å². The summed E-state index contributed by atoms with van der Waals surface area (Å²) in [6.45, 7) is 1.59. The molecule has 0 radical (unpaired) electrons. The van der Waals surface area contributed by atoms with E-state index in [9.17, 15) is 9.90 Å². The summed E-state index contributed by atoms with van der Waals surface area (Å²) in [6.07, 6.45) is 1.26. The molecule has 0 bridgehead atoms. The van der Waals surface area contributed by atoms with Crippen LogP contribution in [0, 0.1) is 0 Å². The van der Waals surface area contributed by atoms with Gasteiger partial charge in [-0.15, -0.1) is 0 Å². The minimum absolute atomic E-state index is 0.0475. The maximum Gasteiger partial charge on any atom is 0.407 e. The number of benzene rings is 1. The van der Waals surface area contributed by atoms with Crippen LogP contribution >= 0.6 is 0 Å². The lowest BCUT2D eigenvalue weighted by atomic mass is 9.88. The molecule has 3 unspecified atom stereocenters. The van der Waals surface area contributed by atoms with Crippen molar-refractivity contribution in [1.29, 1.82) is 0 Å². The van der Waals surface area contributed by atoms with Gasteiger partial charge in [-0.1, -0.05) is 30.3 Å². The van der Waals surface area contributed by atoms with Crippen molar-refractivity contribution in [3.05, 3.63) is 35.9 Å². The van der Waals surface area contributed by atoms with Gasteiger partial charge in [-0.25, -0.2) is 4.79 Å². The monoisotopic (exact) mass is 322 g/mol. The zero-order chi connectivity index (χ0) is 16.5. The van der Waals surface area contributed by atoms with Gasteiger partial charge in [-0.05, 0) is 24.8 Å². The minimum Gasteiger partial charge on any atom is -0.445 e. The molecule has 0 aromatic heterocycles. The van der Waals surface area contributed by atoms with Gasteiger partial charge in [0.15, 0.2) is 0 Å². The van der Waals surface area contributed by atoms with Crippen LogP contribution in [-0.2, 0) is 16.1 Å². The predicted molar refractivity (Wildman–Crippen MR) is 87.1 cm³/mol. The lowest BCUT2D eigenvalue weighted by Gasteiger charge is -2.33. The van der Waals surface area contributed by atoms with Crippen molar-refractivity contribution < 1.29 is 19.4 Å². The van der Waals surface area contributed by atoms with E-state index in [0.717, 1.165) is 24.9 Å². The van der Waals surface area contributed by atoms with E-state index in [-0.39, 0.29) is 18.7 Å². The maximum absolute atomic E-state index is 11.8. The highest BCUT2D eigenvalue weighted by Gasteiger charge is 2.29. The van der Waals surface area contributed by atoms with Gasteiger partial charge in [0.05, 0.1) is 12.7 Å². The molecule has 0 saturated heterocycles. The first-order valence-corrected chi connectivity index (χ1v) is 8.06. The van der Waals surface area contributed by atoms with Gasteiger partial charge in [0, 0.05) is 25.7 Å². The summed E-state index contributed by atoms with van der Waals surface area (Å²) in [7, 11) is 1.65. The molecule has 1 amide bonds. The molecule has 6 nitrogen and oxygen atoms in total. The molecule has 1 aliphatic carbocycles. The summed E-state index contributed by atoms with van der Waals surface area (Å²) in [5.41, 5.74) is 0.953. The SMILES string of the molecule is COCCNC1CCC(NC(=O)OCc2ccccc2)CC1O. The molecule has 1 aliphatic rings. The molecule has 6 heteroatoms. The highest BCUT2D eigenvalue weighted by Crippen LogP contribution is 2.19. The molecular formula is C17H26N2O4.